The van der Waals surface area contributed by atoms with Crippen molar-refractivity contribution in [2.24, 2.45) is 4.99 Å². The van der Waals surface area contributed by atoms with Gasteiger partial charge in [-0.25, -0.2) is 0 Å². The summed E-state index contributed by atoms with van der Waals surface area (Å²) in [5.41, 5.74) is 1.48. The summed E-state index contributed by atoms with van der Waals surface area (Å²) in [6, 6.07) is 13.3. The van der Waals surface area contributed by atoms with Gasteiger partial charge in [0.05, 0.1) is 21.9 Å². The molecule has 2 aromatic carbocycles. The van der Waals surface area contributed by atoms with E-state index < -0.39 is 4.92 Å². The maximum absolute atomic E-state index is 11.1. The Bertz CT molecular complexity index is 711. The topological polar surface area (TPSA) is 84.6 Å². The molecular weight excluding hydrogens is 270 g/mol. The molecule has 0 atom stereocenters. The predicted octanol–water partition coefficient (Wildman–Crippen LogP) is 3.30. The number of nitro groups is 1. The van der Waals surface area contributed by atoms with Gasteiger partial charge in [0.1, 0.15) is 0 Å². The smallest absolute Gasteiger partial charge is 0.278 e. The number of rotatable bonds is 4. The normalized spacial score (nSPS) is 10.5. The van der Waals surface area contributed by atoms with Crippen LogP contribution in [0.2, 0.25) is 0 Å². The van der Waals surface area contributed by atoms with Gasteiger partial charge in [0, 0.05) is 19.2 Å². The number of nitrogens with zero attached hydrogens (tertiary/aromatic N) is 2. The zero-order valence-electron chi connectivity index (χ0n) is 11.3. The van der Waals surface area contributed by atoms with E-state index in [9.17, 15) is 14.9 Å². The molecule has 0 fully saturated rings. The fraction of sp³-hybridized carbons (Fsp3) is 0.0667. The van der Waals surface area contributed by atoms with Gasteiger partial charge < -0.3 is 5.32 Å². The van der Waals surface area contributed by atoms with E-state index in [1.54, 1.807) is 42.5 Å². The predicted molar refractivity (Wildman–Crippen MR) is 81.1 cm³/mol. The Labute approximate surface area is 121 Å². The van der Waals surface area contributed by atoms with E-state index in [-0.39, 0.29) is 11.6 Å². The second kappa shape index (κ2) is 6.42. The second-order valence-electron chi connectivity index (χ2n) is 4.27. The highest BCUT2D eigenvalue weighted by Crippen LogP contribution is 2.25. The van der Waals surface area contributed by atoms with Crippen molar-refractivity contribution in [2.75, 3.05) is 5.32 Å². The van der Waals surface area contributed by atoms with Crippen LogP contribution in [-0.2, 0) is 4.79 Å². The molecule has 21 heavy (non-hydrogen) atoms. The Morgan fingerprint density at radius 3 is 2.57 bits per heavy atom. The summed E-state index contributed by atoms with van der Waals surface area (Å²) in [7, 11) is 0. The lowest BCUT2D eigenvalue weighted by molar-refractivity contribution is -0.385. The van der Waals surface area contributed by atoms with Crippen LogP contribution in [0.1, 0.15) is 12.5 Å². The standard InChI is InChI=1S/C15H13N3O3/c1-11(19)17-14-8-4-3-7-13(14)16-10-12-6-2-5-9-15(12)18(20)21/h2-10H,1H3,(H,17,19). The Morgan fingerprint density at radius 2 is 1.86 bits per heavy atom. The summed E-state index contributed by atoms with van der Waals surface area (Å²) in [6.07, 6.45) is 1.42. The number of nitrogens with one attached hydrogen (secondary N) is 1. The number of amides is 1. The molecule has 0 aliphatic heterocycles. The number of hydrogen-bond donors (Lipinski definition) is 1. The first-order chi connectivity index (χ1) is 10.1. The van der Waals surface area contributed by atoms with Crippen LogP contribution in [0.4, 0.5) is 17.1 Å². The quantitative estimate of drug-likeness (QED) is 0.530. The molecular formula is C15H13N3O3. The van der Waals surface area contributed by atoms with Crippen molar-refractivity contribution >= 4 is 29.2 Å². The molecule has 106 valence electrons. The molecule has 1 N–H and O–H groups in total. The van der Waals surface area contributed by atoms with Crippen molar-refractivity contribution < 1.29 is 9.72 Å². The van der Waals surface area contributed by atoms with Gasteiger partial charge >= 0.3 is 0 Å². The molecule has 0 saturated heterocycles. The minimum Gasteiger partial charge on any atom is -0.324 e. The van der Waals surface area contributed by atoms with Crippen molar-refractivity contribution in [1.29, 1.82) is 0 Å². The first-order valence-corrected chi connectivity index (χ1v) is 6.22. The zero-order valence-corrected chi connectivity index (χ0v) is 11.3. The SMILES string of the molecule is CC(=O)Nc1ccccc1N=Cc1ccccc1[N+](=O)[O-]. The molecule has 0 saturated carbocycles. The molecule has 0 aromatic heterocycles. The highest BCUT2D eigenvalue weighted by molar-refractivity contribution is 5.94. The van der Waals surface area contributed by atoms with Crippen LogP contribution in [0.15, 0.2) is 53.5 Å². The van der Waals surface area contributed by atoms with Crippen molar-refractivity contribution in [1.82, 2.24) is 0 Å². The summed E-state index contributed by atoms with van der Waals surface area (Å²) in [4.78, 5) is 25.8. The number of carbonyl (C=O) groups excluding carboxylic acids is 1. The highest BCUT2D eigenvalue weighted by atomic mass is 16.6. The van der Waals surface area contributed by atoms with Gasteiger partial charge in [-0.2, -0.15) is 0 Å². The molecule has 0 bridgehead atoms. The zero-order chi connectivity index (χ0) is 15.2. The van der Waals surface area contributed by atoms with Gasteiger partial charge in [-0.15, -0.1) is 0 Å². The average molecular weight is 283 g/mol. The summed E-state index contributed by atoms with van der Waals surface area (Å²) in [6.45, 7) is 1.41. The number of anilines is 1. The number of nitro benzene ring substituents is 1. The number of benzene rings is 2. The molecule has 6 heteroatoms. The summed E-state index contributed by atoms with van der Waals surface area (Å²) < 4.78 is 0. The average Bonchev–Trinajstić information content (AvgIpc) is 2.46. The lowest BCUT2D eigenvalue weighted by Crippen LogP contribution is -2.05. The van der Waals surface area contributed by atoms with E-state index in [4.69, 9.17) is 0 Å². The molecule has 0 spiro atoms. The van der Waals surface area contributed by atoms with E-state index in [0.29, 0.717) is 16.9 Å². The molecule has 0 aliphatic rings. The van der Waals surface area contributed by atoms with Gasteiger partial charge in [0.25, 0.3) is 5.69 Å². The van der Waals surface area contributed by atoms with E-state index in [2.05, 4.69) is 10.3 Å². The van der Waals surface area contributed by atoms with Crippen LogP contribution in [0.25, 0.3) is 0 Å². The fourth-order valence-corrected chi connectivity index (χ4v) is 1.78. The summed E-state index contributed by atoms with van der Waals surface area (Å²) in [5, 5.41) is 13.6. The van der Waals surface area contributed by atoms with Crippen LogP contribution < -0.4 is 5.32 Å². The summed E-state index contributed by atoms with van der Waals surface area (Å²) in [5.74, 6) is -0.205. The minimum atomic E-state index is -0.457. The third kappa shape index (κ3) is 3.73. The van der Waals surface area contributed by atoms with Crippen LogP contribution in [0.5, 0.6) is 0 Å². The highest BCUT2D eigenvalue weighted by Gasteiger charge is 2.10. The van der Waals surface area contributed by atoms with Crippen LogP contribution in [-0.4, -0.2) is 17.0 Å². The van der Waals surface area contributed by atoms with Crippen molar-refractivity contribution in [3.05, 3.63) is 64.2 Å². The van der Waals surface area contributed by atoms with Gasteiger partial charge in [-0.05, 0) is 18.2 Å². The van der Waals surface area contributed by atoms with E-state index in [1.807, 2.05) is 0 Å². The molecule has 1 amide bonds. The van der Waals surface area contributed by atoms with Gasteiger partial charge in [0.15, 0.2) is 0 Å². The minimum absolute atomic E-state index is 0.0155. The van der Waals surface area contributed by atoms with Crippen LogP contribution in [0.3, 0.4) is 0 Å². The van der Waals surface area contributed by atoms with Crippen molar-refractivity contribution in [3.8, 4) is 0 Å². The van der Waals surface area contributed by atoms with Gasteiger partial charge in [-0.1, -0.05) is 24.3 Å². The monoisotopic (exact) mass is 283 g/mol. The molecule has 0 heterocycles. The molecule has 2 rings (SSSR count). The number of hydrogen-bond acceptors (Lipinski definition) is 4. The van der Waals surface area contributed by atoms with E-state index in [1.165, 1.54) is 19.2 Å². The maximum atomic E-state index is 11.1. The third-order valence-corrected chi connectivity index (χ3v) is 2.69. The summed E-state index contributed by atoms with van der Waals surface area (Å²) >= 11 is 0. The number of carbonyl (C=O) groups is 1. The molecule has 0 radical (unpaired) electrons. The van der Waals surface area contributed by atoms with Crippen molar-refractivity contribution in [2.45, 2.75) is 6.92 Å². The third-order valence-electron chi connectivity index (χ3n) is 2.69. The van der Waals surface area contributed by atoms with Crippen molar-refractivity contribution in [3.63, 3.8) is 0 Å². The van der Waals surface area contributed by atoms with Gasteiger partial charge in [0.2, 0.25) is 5.91 Å². The Kier molecular flexibility index (Phi) is 4.40. The lowest BCUT2D eigenvalue weighted by Gasteiger charge is -2.05. The van der Waals surface area contributed by atoms with Crippen LogP contribution in [0, 0.1) is 10.1 Å². The lowest BCUT2D eigenvalue weighted by atomic mass is 10.2. The number of para-hydroxylation sites is 3. The molecule has 0 unspecified atom stereocenters. The Balaban J connectivity index is 2.34. The Morgan fingerprint density at radius 1 is 1.19 bits per heavy atom. The fourth-order valence-electron chi connectivity index (χ4n) is 1.78. The van der Waals surface area contributed by atoms with Gasteiger partial charge in [-0.3, -0.25) is 19.9 Å². The molecule has 2 aromatic rings. The second-order valence-corrected chi connectivity index (χ2v) is 4.27. The first-order valence-electron chi connectivity index (χ1n) is 6.22. The molecule has 6 nitrogen and oxygen atoms in total. The largest absolute Gasteiger partial charge is 0.324 e. The first kappa shape index (κ1) is 14.4. The van der Waals surface area contributed by atoms with E-state index in [0.717, 1.165) is 0 Å². The number of aliphatic imine (C=N–C) groups is 1. The Hall–Kier alpha value is -3.02. The van der Waals surface area contributed by atoms with E-state index >= 15 is 0 Å². The van der Waals surface area contributed by atoms with Crippen LogP contribution >= 0.6 is 0 Å². The molecule has 0 aliphatic carbocycles. The maximum Gasteiger partial charge on any atom is 0.278 e.